The number of rotatable bonds is 3. The molecule has 3 heterocycles. The standard InChI is InChI=1S/C23H20FNO4/c1-13-4-9-18-17(11-13)21(26)19-20(14-5-7-15(24)8-6-14)25(23(27)22(19)29-18)12-16-3-2-10-28-16/h4-9,11,16,20H,2-3,10,12H2,1H3. The van der Waals surface area contributed by atoms with Crippen molar-refractivity contribution in [3.05, 3.63) is 81.0 Å². The second-order valence-electron chi connectivity index (χ2n) is 7.72. The Balaban J connectivity index is 1.71. The Hall–Kier alpha value is -2.99. The van der Waals surface area contributed by atoms with E-state index in [4.69, 9.17) is 9.15 Å². The third kappa shape index (κ3) is 2.95. The van der Waals surface area contributed by atoms with Crippen molar-refractivity contribution in [1.29, 1.82) is 0 Å². The third-order valence-corrected chi connectivity index (χ3v) is 5.73. The minimum atomic E-state index is -0.622. The van der Waals surface area contributed by atoms with E-state index in [0.29, 0.717) is 35.2 Å². The van der Waals surface area contributed by atoms with Gasteiger partial charge in [-0.05, 0) is 49.6 Å². The number of carbonyl (C=O) groups is 1. The van der Waals surface area contributed by atoms with Gasteiger partial charge in [-0.15, -0.1) is 0 Å². The Morgan fingerprint density at radius 3 is 2.66 bits per heavy atom. The summed E-state index contributed by atoms with van der Waals surface area (Å²) in [5.74, 6) is -0.631. The highest BCUT2D eigenvalue weighted by atomic mass is 19.1. The van der Waals surface area contributed by atoms with Crippen molar-refractivity contribution in [2.75, 3.05) is 13.2 Å². The number of carbonyl (C=O) groups excluding carboxylic acids is 1. The van der Waals surface area contributed by atoms with Gasteiger partial charge in [0.2, 0.25) is 5.76 Å². The van der Waals surface area contributed by atoms with Gasteiger partial charge in [0.1, 0.15) is 11.4 Å². The van der Waals surface area contributed by atoms with Crippen molar-refractivity contribution in [2.45, 2.75) is 31.9 Å². The van der Waals surface area contributed by atoms with Crippen molar-refractivity contribution in [3.8, 4) is 0 Å². The van der Waals surface area contributed by atoms with E-state index in [-0.39, 0.29) is 29.0 Å². The van der Waals surface area contributed by atoms with Gasteiger partial charge < -0.3 is 14.1 Å². The van der Waals surface area contributed by atoms with Crippen molar-refractivity contribution >= 4 is 16.9 Å². The van der Waals surface area contributed by atoms with Crippen LogP contribution >= 0.6 is 0 Å². The van der Waals surface area contributed by atoms with Crippen LogP contribution in [0.3, 0.4) is 0 Å². The first-order valence-corrected chi connectivity index (χ1v) is 9.78. The molecule has 1 saturated heterocycles. The maximum atomic E-state index is 13.5. The summed E-state index contributed by atoms with van der Waals surface area (Å²) in [5.41, 5.74) is 2.10. The fourth-order valence-corrected chi connectivity index (χ4v) is 4.32. The monoisotopic (exact) mass is 393 g/mol. The van der Waals surface area contributed by atoms with Crippen LogP contribution in [0.25, 0.3) is 11.0 Å². The first kappa shape index (κ1) is 18.1. The summed E-state index contributed by atoms with van der Waals surface area (Å²) in [6, 6.07) is 10.6. The van der Waals surface area contributed by atoms with Gasteiger partial charge in [-0.2, -0.15) is 0 Å². The Kier molecular flexibility index (Phi) is 4.24. The van der Waals surface area contributed by atoms with E-state index in [1.54, 1.807) is 29.2 Å². The maximum Gasteiger partial charge on any atom is 0.291 e. The van der Waals surface area contributed by atoms with Gasteiger partial charge in [0.25, 0.3) is 5.91 Å². The van der Waals surface area contributed by atoms with Crippen LogP contribution in [0.4, 0.5) is 4.39 Å². The normalized spacial score (nSPS) is 21.2. The third-order valence-electron chi connectivity index (χ3n) is 5.73. The molecule has 0 N–H and O–H groups in total. The van der Waals surface area contributed by atoms with Gasteiger partial charge in [0.15, 0.2) is 5.43 Å². The number of amides is 1. The molecule has 29 heavy (non-hydrogen) atoms. The molecule has 2 aromatic carbocycles. The van der Waals surface area contributed by atoms with E-state index in [2.05, 4.69) is 0 Å². The predicted octanol–water partition coefficient (Wildman–Crippen LogP) is 3.96. The van der Waals surface area contributed by atoms with Crippen LogP contribution in [-0.2, 0) is 4.74 Å². The maximum absolute atomic E-state index is 13.5. The molecule has 3 aromatic rings. The number of hydrogen-bond donors (Lipinski definition) is 0. The zero-order chi connectivity index (χ0) is 20.1. The van der Waals surface area contributed by atoms with Gasteiger partial charge >= 0.3 is 0 Å². The fraction of sp³-hybridized carbons (Fsp3) is 0.304. The summed E-state index contributed by atoms with van der Waals surface area (Å²) in [6.07, 6.45) is 1.72. The molecule has 0 bridgehead atoms. The molecule has 0 radical (unpaired) electrons. The number of ether oxygens (including phenoxy) is 1. The minimum Gasteiger partial charge on any atom is -0.450 e. The molecule has 2 aliphatic rings. The Morgan fingerprint density at radius 1 is 1.14 bits per heavy atom. The van der Waals surface area contributed by atoms with Gasteiger partial charge in [-0.1, -0.05) is 23.8 Å². The fourth-order valence-electron chi connectivity index (χ4n) is 4.32. The van der Waals surface area contributed by atoms with Crippen LogP contribution in [0.15, 0.2) is 51.7 Å². The molecule has 148 valence electrons. The highest BCUT2D eigenvalue weighted by molar-refractivity contribution is 5.99. The summed E-state index contributed by atoms with van der Waals surface area (Å²) in [5, 5.41) is 0.447. The average Bonchev–Trinajstić information content (AvgIpc) is 3.32. The highest BCUT2D eigenvalue weighted by Gasteiger charge is 2.43. The van der Waals surface area contributed by atoms with Gasteiger partial charge in [-0.3, -0.25) is 9.59 Å². The molecule has 2 atom stereocenters. The topological polar surface area (TPSA) is 59.8 Å². The second kappa shape index (κ2) is 6.81. The molecule has 5 rings (SSSR count). The van der Waals surface area contributed by atoms with Crippen LogP contribution in [0.5, 0.6) is 0 Å². The van der Waals surface area contributed by atoms with Crippen LogP contribution in [0, 0.1) is 12.7 Å². The number of aryl methyl sites for hydroxylation is 1. The largest absolute Gasteiger partial charge is 0.450 e. The van der Waals surface area contributed by atoms with Crippen molar-refractivity contribution < 1.29 is 18.3 Å². The Bertz CT molecular complexity index is 1160. The minimum absolute atomic E-state index is 0.0682. The number of benzene rings is 2. The molecule has 2 unspecified atom stereocenters. The highest BCUT2D eigenvalue weighted by Crippen LogP contribution is 2.39. The zero-order valence-electron chi connectivity index (χ0n) is 16.0. The average molecular weight is 393 g/mol. The number of fused-ring (bicyclic) bond motifs is 2. The molecule has 2 aliphatic heterocycles. The quantitative estimate of drug-likeness (QED) is 0.676. The summed E-state index contributed by atoms with van der Waals surface area (Å²) in [6.45, 7) is 2.93. The van der Waals surface area contributed by atoms with Gasteiger partial charge in [0, 0.05) is 13.2 Å². The van der Waals surface area contributed by atoms with E-state index in [1.165, 1.54) is 12.1 Å². The predicted molar refractivity (Wildman–Crippen MR) is 105 cm³/mol. The van der Waals surface area contributed by atoms with Crippen LogP contribution in [0.2, 0.25) is 0 Å². The van der Waals surface area contributed by atoms with Crippen LogP contribution < -0.4 is 5.43 Å². The molecule has 0 aliphatic carbocycles. The summed E-state index contributed by atoms with van der Waals surface area (Å²) in [7, 11) is 0. The van der Waals surface area contributed by atoms with E-state index in [1.807, 2.05) is 13.0 Å². The van der Waals surface area contributed by atoms with E-state index < -0.39 is 6.04 Å². The second-order valence-corrected chi connectivity index (χ2v) is 7.72. The van der Waals surface area contributed by atoms with E-state index >= 15 is 0 Å². The molecular formula is C23H20FNO4. The smallest absolute Gasteiger partial charge is 0.291 e. The van der Waals surface area contributed by atoms with E-state index in [0.717, 1.165) is 18.4 Å². The first-order chi connectivity index (χ1) is 14.0. The molecule has 5 nitrogen and oxygen atoms in total. The molecular weight excluding hydrogens is 373 g/mol. The lowest BCUT2D eigenvalue weighted by atomic mass is 9.98. The summed E-state index contributed by atoms with van der Waals surface area (Å²) in [4.78, 5) is 28.3. The Morgan fingerprint density at radius 2 is 1.93 bits per heavy atom. The SMILES string of the molecule is Cc1ccc2oc3c(c(=O)c2c1)C(c1ccc(F)cc1)N(CC1CCCO1)C3=O. The van der Waals surface area contributed by atoms with Gasteiger partial charge in [0.05, 0.1) is 23.1 Å². The van der Waals surface area contributed by atoms with Gasteiger partial charge in [-0.25, -0.2) is 4.39 Å². The number of nitrogens with zero attached hydrogens (tertiary/aromatic N) is 1. The molecule has 1 aromatic heterocycles. The van der Waals surface area contributed by atoms with Crippen LogP contribution in [0.1, 0.15) is 46.1 Å². The Labute approximate surface area is 166 Å². The lowest BCUT2D eigenvalue weighted by Gasteiger charge is -2.27. The van der Waals surface area contributed by atoms with Crippen molar-refractivity contribution in [2.24, 2.45) is 0 Å². The van der Waals surface area contributed by atoms with Crippen molar-refractivity contribution in [3.63, 3.8) is 0 Å². The zero-order valence-corrected chi connectivity index (χ0v) is 16.0. The van der Waals surface area contributed by atoms with E-state index in [9.17, 15) is 14.0 Å². The first-order valence-electron chi connectivity index (χ1n) is 9.78. The molecule has 0 saturated carbocycles. The molecule has 1 amide bonds. The summed E-state index contributed by atoms with van der Waals surface area (Å²) < 4.78 is 25.2. The molecule has 1 fully saturated rings. The molecule has 6 heteroatoms. The molecule has 0 spiro atoms. The summed E-state index contributed by atoms with van der Waals surface area (Å²) >= 11 is 0. The number of hydrogen-bond acceptors (Lipinski definition) is 4. The number of halogens is 1. The van der Waals surface area contributed by atoms with Crippen LogP contribution in [-0.4, -0.2) is 30.1 Å². The van der Waals surface area contributed by atoms with Crippen molar-refractivity contribution in [1.82, 2.24) is 4.90 Å². The lowest BCUT2D eigenvalue weighted by Crippen LogP contribution is -2.36. The lowest BCUT2D eigenvalue weighted by molar-refractivity contribution is 0.0486.